The van der Waals surface area contributed by atoms with E-state index in [2.05, 4.69) is 5.32 Å². The van der Waals surface area contributed by atoms with Crippen LogP contribution in [0.25, 0.3) is 0 Å². The molecule has 116 valence electrons. The van der Waals surface area contributed by atoms with Gasteiger partial charge in [-0.1, -0.05) is 31.4 Å². The second-order valence-electron chi connectivity index (χ2n) is 5.58. The molecular weight excluding hydrogens is 278 g/mol. The third-order valence-corrected chi connectivity index (χ3v) is 4.00. The minimum Gasteiger partial charge on any atom is -0.506 e. The van der Waals surface area contributed by atoms with Crippen LogP contribution in [-0.4, -0.2) is 29.0 Å². The number of aromatic hydroxyl groups is 1. The first-order valence-corrected chi connectivity index (χ1v) is 7.55. The number of hydrogen-bond donors (Lipinski definition) is 2. The summed E-state index contributed by atoms with van der Waals surface area (Å²) in [4.78, 5) is 14.1. The number of hydrogen-bond acceptors (Lipinski definition) is 4. The first kappa shape index (κ1) is 15.9. The molecule has 0 radical (unpaired) electrons. The van der Waals surface area contributed by atoms with E-state index in [9.17, 15) is 15.2 Å². The Morgan fingerprint density at radius 1 is 1.36 bits per heavy atom. The Morgan fingerprint density at radius 2 is 2.05 bits per heavy atom. The molecule has 0 unspecified atom stereocenters. The van der Waals surface area contributed by atoms with Crippen LogP contribution < -0.4 is 5.32 Å². The van der Waals surface area contributed by atoms with Crippen molar-refractivity contribution in [3.63, 3.8) is 0 Å². The molecular formula is C17H21N3O2. The summed E-state index contributed by atoms with van der Waals surface area (Å²) in [6.45, 7) is 0. The van der Waals surface area contributed by atoms with E-state index in [-0.39, 0.29) is 11.3 Å². The molecule has 0 atom stereocenters. The Bertz CT molecular complexity index is 598. The number of carbonyl (C=O) groups excluding carboxylic acids is 1. The van der Waals surface area contributed by atoms with Crippen molar-refractivity contribution in [2.24, 2.45) is 0 Å². The summed E-state index contributed by atoms with van der Waals surface area (Å²) in [5.74, 6) is -0.527. The molecule has 0 aromatic heterocycles. The monoisotopic (exact) mass is 299 g/mol. The molecule has 22 heavy (non-hydrogen) atoms. The average molecular weight is 299 g/mol. The number of benzene rings is 1. The Morgan fingerprint density at radius 3 is 2.68 bits per heavy atom. The lowest BCUT2D eigenvalue weighted by Crippen LogP contribution is -2.30. The van der Waals surface area contributed by atoms with Gasteiger partial charge in [0.2, 0.25) is 0 Å². The Labute approximate surface area is 130 Å². The molecule has 1 aliphatic carbocycles. The molecule has 0 aliphatic heterocycles. The lowest BCUT2D eigenvalue weighted by molar-refractivity contribution is -0.112. The lowest BCUT2D eigenvalue weighted by Gasteiger charge is -2.30. The van der Waals surface area contributed by atoms with Crippen molar-refractivity contribution in [3.8, 4) is 11.8 Å². The van der Waals surface area contributed by atoms with Crippen LogP contribution in [0.3, 0.4) is 0 Å². The maximum atomic E-state index is 12.2. The van der Waals surface area contributed by atoms with Crippen molar-refractivity contribution in [2.75, 3.05) is 12.4 Å². The molecule has 5 nitrogen and oxygen atoms in total. The standard InChI is InChI=1S/C17H21N3O2/c1-20(14-7-3-2-4-8-14)12-13(11-18)17(22)19-15-9-5-6-10-16(15)21/h5-6,9-10,12,14,21H,2-4,7-8H2,1H3,(H,19,22)/b13-12-. The fourth-order valence-electron chi connectivity index (χ4n) is 2.70. The summed E-state index contributed by atoms with van der Waals surface area (Å²) in [5, 5.41) is 21.5. The number of phenolic OH excluding ortho intramolecular Hbond substituents is 1. The quantitative estimate of drug-likeness (QED) is 0.509. The van der Waals surface area contributed by atoms with Crippen LogP contribution in [0, 0.1) is 11.3 Å². The van der Waals surface area contributed by atoms with Crippen molar-refractivity contribution in [1.29, 1.82) is 5.26 Å². The van der Waals surface area contributed by atoms with E-state index in [1.165, 1.54) is 25.3 Å². The highest BCUT2D eigenvalue weighted by Gasteiger charge is 2.18. The summed E-state index contributed by atoms with van der Waals surface area (Å²) < 4.78 is 0. The molecule has 2 rings (SSSR count). The van der Waals surface area contributed by atoms with Crippen LogP contribution in [-0.2, 0) is 4.79 Å². The van der Waals surface area contributed by atoms with Gasteiger partial charge in [-0.05, 0) is 25.0 Å². The molecule has 1 saturated carbocycles. The molecule has 0 bridgehead atoms. The molecule has 1 aliphatic rings. The van der Waals surface area contributed by atoms with Crippen molar-refractivity contribution in [2.45, 2.75) is 38.1 Å². The molecule has 1 amide bonds. The maximum Gasteiger partial charge on any atom is 0.267 e. The molecule has 1 aromatic carbocycles. The topological polar surface area (TPSA) is 76.4 Å². The van der Waals surface area contributed by atoms with Crippen LogP contribution in [0.2, 0.25) is 0 Å². The van der Waals surface area contributed by atoms with Gasteiger partial charge in [-0.2, -0.15) is 5.26 Å². The minimum atomic E-state index is -0.508. The fourth-order valence-corrected chi connectivity index (χ4v) is 2.70. The van der Waals surface area contributed by atoms with E-state index in [4.69, 9.17) is 0 Å². The van der Waals surface area contributed by atoms with Gasteiger partial charge in [0.25, 0.3) is 5.91 Å². The first-order chi connectivity index (χ1) is 10.6. The summed E-state index contributed by atoms with van der Waals surface area (Å²) in [5.41, 5.74) is 0.338. The number of phenols is 1. The predicted molar refractivity (Wildman–Crippen MR) is 85.1 cm³/mol. The van der Waals surface area contributed by atoms with Gasteiger partial charge < -0.3 is 15.3 Å². The van der Waals surface area contributed by atoms with Crippen LogP contribution >= 0.6 is 0 Å². The summed E-state index contributed by atoms with van der Waals surface area (Å²) in [6.07, 6.45) is 7.42. The summed E-state index contributed by atoms with van der Waals surface area (Å²) in [6, 6.07) is 8.77. The van der Waals surface area contributed by atoms with E-state index < -0.39 is 5.91 Å². The maximum absolute atomic E-state index is 12.2. The van der Waals surface area contributed by atoms with Gasteiger partial charge in [0.15, 0.2) is 0 Å². The third-order valence-electron chi connectivity index (χ3n) is 4.00. The van der Waals surface area contributed by atoms with Crippen LogP contribution in [0.1, 0.15) is 32.1 Å². The molecule has 1 fully saturated rings. The van der Waals surface area contributed by atoms with Gasteiger partial charge in [-0.3, -0.25) is 4.79 Å². The van der Waals surface area contributed by atoms with Crippen molar-refractivity contribution < 1.29 is 9.90 Å². The number of amides is 1. The average Bonchev–Trinajstić information content (AvgIpc) is 2.55. The Kier molecular flexibility index (Phi) is 5.42. The number of rotatable bonds is 4. The zero-order chi connectivity index (χ0) is 15.9. The van der Waals surface area contributed by atoms with E-state index in [1.807, 2.05) is 18.0 Å². The van der Waals surface area contributed by atoms with Crippen LogP contribution in [0.15, 0.2) is 36.0 Å². The number of nitrogens with zero attached hydrogens (tertiary/aromatic N) is 2. The number of carbonyl (C=O) groups is 1. The molecule has 5 heteroatoms. The zero-order valence-corrected chi connectivity index (χ0v) is 12.7. The highest BCUT2D eigenvalue weighted by molar-refractivity contribution is 6.07. The predicted octanol–water partition coefficient (Wildman–Crippen LogP) is 3.00. The molecule has 1 aromatic rings. The lowest BCUT2D eigenvalue weighted by atomic mass is 9.94. The normalized spacial score (nSPS) is 15.9. The van der Waals surface area contributed by atoms with Gasteiger partial charge in [0.05, 0.1) is 5.69 Å². The van der Waals surface area contributed by atoms with Crippen LogP contribution in [0.5, 0.6) is 5.75 Å². The van der Waals surface area contributed by atoms with E-state index in [1.54, 1.807) is 24.4 Å². The Balaban J connectivity index is 2.06. The molecule has 0 saturated heterocycles. The Hall–Kier alpha value is -2.48. The molecule has 0 heterocycles. The second kappa shape index (κ2) is 7.51. The van der Waals surface area contributed by atoms with Crippen molar-refractivity contribution >= 4 is 11.6 Å². The number of nitrogens with one attached hydrogen (secondary N) is 1. The zero-order valence-electron chi connectivity index (χ0n) is 12.7. The SMILES string of the molecule is CN(/C=C(/C#N)C(=O)Nc1ccccc1O)C1CCCCC1. The van der Waals surface area contributed by atoms with E-state index in [0.29, 0.717) is 11.7 Å². The van der Waals surface area contributed by atoms with Gasteiger partial charge in [0, 0.05) is 19.3 Å². The minimum absolute atomic E-state index is 0.0197. The first-order valence-electron chi connectivity index (χ1n) is 7.55. The molecule has 0 spiro atoms. The number of para-hydroxylation sites is 2. The van der Waals surface area contributed by atoms with E-state index >= 15 is 0 Å². The summed E-state index contributed by atoms with van der Waals surface area (Å²) in [7, 11) is 1.90. The molecule has 2 N–H and O–H groups in total. The third kappa shape index (κ3) is 4.01. The number of anilines is 1. The fraction of sp³-hybridized carbons (Fsp3) is 0.412. The van der Waals surface area contributed by atoms with Gasteiger partial charge in [-0.25, -0.2) is 0 Å². The number of nitriles is 1. The van der Waals surface area contributed by atoms with E-state index in [0.717, 1.165) is 12.8 Å². The van der Waals surface area contributed by atoms with Crippen molar-refractivity contribution in [1.82, 2.24) is 4.90 Å². The smallest absolute Gasteiger partial charge is 0.267 e. The second-order valence-corrected chi connectivity index (χ2v) is 5.58. The highest BCUT2D eigenvalue weighted by atomic mass is 16.3. The highest BCUT2D eigenvalue weighted by Crippen LogP contribution is 2.24. The van der Waals surface area contributed by atoms with Crippen molar-refractivity contribution in [3.05, 3.63) is 36.0 Å². The van der Waals surface area contributed by atoms with Gasteiger partial charge in [-0.15, -0.1) is 0 Å². The largest absolute Gasteiger partial charge is 0.506 e. The van der Waals surface area contributed by atoms with Crippen LogP contribution in [0.4, 0.5) is 5.69 Å². The summed E-state index contributed by atoms with van der Waals surface area (Å²) >= 11 is 0. The van der Waals surface area contributed by atoms with Gasteiger partial charge >= 0.3 is 0 Å². The van der Waals surface area contributed by atoms with Gasteiger partial charge in [0.1, 0.15) is 17.4 Å².